The van der Waals surface area contributed by atoms with Crippen molar-refractivity contribution < 1.29 is 14.3 Å². The molecule has 146 valence electrons. The van der Waals surface area contributed by atoms with Gasteiger partial charge in [-0.3, -0.25) is 9.59 Å². The molecule has 0 saturated carbocycles. The average molecular weight is 399 g/mol. The van der Waals surface area contributed by atoms with Gasteiger partial charge in [-0.05, 0) is 62.6 Å². The van der Waals surface area contributed by atoms with Crippen molar-refractivity contribution in [3.63, 3.8) is 0 Å². The standard InChI is InChI=1S/C22H23ClN2O3/c1-22(2)21(27)25(14-15-5-8-17(23)9-6-15)18-13-16(7-10-19(18)28-22)20(26)24-11-3-4-12-24/h5-10,13H,3-4,11-12,14H2,1-2H3. The molecule has 0 N–H and O–H groups in total. The van der Waals surface area contributed by atoms with Crippen molar-refractivity contribution in [2.45, 2.75) is 38.8 Å². The largest absolute Gasteiger partial charge is 0.476 e. The number of fused-ring (bicyclic) bond motifs is 1. The molecular weight excluding hydrogens is 376 g/mol. The SMILES string of the molecule is CC1(C)Oc2ccc(C(=O)N3CCCC3)cc2N(Cc2ccc(Cl)cc2)C1=O. The number of anilines is 1. The minimum absolute atomic E-state index is 0.00373. The number of carbonyl (C=O) groups is 2. The molecule has 0 radical (unpaired) electrons. The normalized spacial score (nSPS) is 18.0. The molecule has 2 heterocycles. The number of hydrogen-bond donors (Lipinski definition) is 0. The Morgan fingerprint density at radius 1 is 1.11 bits per heavy atom. The first kappa shape index (κ1) is 18.8. The molecule has 2 aliphatic heterocycles. The number of rotatable bonds is 3. The number of amides is 2. The van der Waals surface area contributed by atoms with Gasteiger partial charge in [0.1, 0.15) is 5.75 Å². The second-order valence-electron chi connectivity index (χ2n) is 7.81. The van der Waals surface area contributed by atoms with Gasteiger partial charge in [-0.15, -0.1) is 0 Å². The van der Waals surface area contributed by atoms with Crippen LogP contribution in [0.4, 0.5) is 5.69 Å². The number of benzene rings is 2. The molecule has 2 aromatic carbocycles. The number of likely N-dealkylation sites (tertiary alicyclic amines) is 1. The van der Waals surface area contributed by atoms with Gasteiger partial charge in [0.05, 0.1) is 12.2 Å². The van der Waals surface area contributed by atoms with Gasteiger partial charge in [-0.25, -0.2) is 0 Å². The van der Waals surface area contributed by atoms with E-state index < -0.39 is 5.60 Å². The predicted octanol–water partition coefficient (Wildman–Crippen LogP) is 4.28. The van der Waals surface area contributed by atoms with Gasteiger partial charge in [0.15, 0.2) is 5.60 Å². The first-order valence-corrected chi connectivity index (χ1v) is 9.92. The molecule has 2 aromatic rings. The lowest BCUT2D eigenvalue weighted by Crippen LogP contribution is -2.52. The maximum Gasteiger partial charge on any atom is 0.271 e. The first-order valence-electron chi connectivity index (χ1n) is 9.54. The molecule has 1 saturated heterocycles. The van der Waals surface area contributed by atoms with Crippen molar-refractivity contribution in [3.05, 3.63) is 58.6 Å². The zero-order valence-corrected chi connectivity index (χ0v) is 16.8. The fourth-order valence-corrected chi connectivity index (χ4v) is 3.86. The molecule has 0 aliphatic carbocycles. The molecule has 28 heavy (non-hydrogen) atoms. The average Bonchev–Trinajstić information content (AvgIpc) is 3.21. The lowest BCUT2D eigenvalue weighted by Gasteiger charge is -2.39. The van der Waals surface area contributed by atoms with E-state index in [2.05, 4.69) is 0 Å². The van der Waals surface area contributed by atoms with E-state index in [1.54, 1.807) is 49.1 Å². The molecule has 2 aliphatic rings. The fraction of sp³-hybridized carbons (Fsp3) is 0.364. The Labute approximate surface area is 169 Å². The maximum absolute atomic E-state index is 13.1. The van der Waals surface area contributed by atoms with Gasteiger partial charge < -0.3 is 14.5 Å². The summed E-state index contributed by atoms with van der Waals surface area (Å²) in [6.45, 7) is 5.48. The third kappa shape index (κ3) is 3.47. The summed E-state index contributed by atoms with van der Waals surface area (Å²) in [5, 5.41) is 0.649. The van der Waals surface area contributed by atoms with E-state index >= 15 is 0 Å². The summed E-state index contributed by atoms with van der Waals surface area (Å²) in [6, 6.07) is 12.8. The Morgan fingerprint density at radius 2 is 1.79 bits per heavy atom. The molecule has 1 fully saturated rings. The van der Waals surface area contributed by atoms with Gasteiger partial charge >= 0.3 is 0 Å². The van der Waals surface area contributed by atoms with Crippen molar-refractivity contribution >= 4 is 29.1 Å². The molecule has 6 heteroatoms. The highest BCUT2D eigenvalue weighted by Crippen LogP contribution is 2.39. The molecule has 5 nitrogen and oxygen atoms in total. The van der Waals surface area contributed by atoms with Crippen molar-refractivity contribution in [3.8, 4) is 5.75 Å². The highest BCUT2D eigenvalue weighted by molar-refractivity contribution is 6.30. The summed E-state index contributed by atoms with van der Waals surface area (Å²) in [7, 11) is 0. The summed E-state index contributed by atoms with van der Waals surface area (Å²) in [4.78, 5) is 29.5. The number of halogens is 1. The van der Waals surface area contributed by atoms with Crippen LogP contribution in [0.15, 0.2) is 42.5 Å². The molecule has 4 rings (SSSR count). The van der Waals surface area contributed by atoms with Crippen LogP contribution in [0.5, 0.6) is 5.75 Å². The molecule has 0 unspecified atom stereocenters. The number of hydrogen-bond acceptors (Lipinski definition) is 3. The Balaban J connectivity index is 1.71. The van der Waals surface area contributed by atoms with Crippen LogP contribution in [0.2, 0.25) is 5.02 Å². The quantitative estimate of drug-likeness (QED) is 0.775. The molecule has 0 spiro atoms. The molecule has 0 atom stereocenters. The highest BCUT2D eigenvalue weighted by Gasteiger charge is 2.41. The van der Waals surface area contributed by atoms with Crippen LogP contribution in [-0.4, -0.2) is 35.4 Å². The minimum atomic E-state index is -0.972. The summed E-state index contributed by atoms with van der Waals surface area (Å²) in [6.07, 6.45) is 2.07. The lowest BCUT2D eigenvalue weighted by molar-refractivity contribution is -0.132. The summed E-state index contributed by atoms with van der Waals surface area (Å²) in [5.74, 6) is 0.473. The van der Waals surface area contributed by atoms with E-state index in [1.807, 2.05) is 17.0 Å². The first-order chi connectivity index (χ1) is 13.3. The second-order valence-corrected chi connectivity index (χ2v) is 8.25. The van der Waals surface area contributed by atoms with E-state index in [4.69, 9.17) is 16.3 Å². The number of nitrogens with zero attached hydrogens (tertiary/aromatic N) is 2. The fourth-order valence-electron chi connectivity index (χ4n) is 3.73. The number of ether oxygens (including phenoxy) is 1. The van der Waals surface area contributed by atoms with E-state index in [0.717, 1.165) is 31.5 Å². The van der Waals surface area contributed by atoms with Crippen LogP contribution in [0.3, 0.4) is 0 Å². The Hall–Kier alpha value is -2.53. The van der Waals surface area contributed by atoms with Crippen molar-refractivity contribution in [1.82, 2.24) is 4.90 Å². The maximum atomic E-state index is 13.1. The van der Waals surface area contributed by atoms with Crippen LogP contribution < -0.4 is 9.64 Å². The second kappa shape index (κ2) is 7.13. The highest BCUT2D eigenvalue weighted by atomic mass is 35.5. The van der Waals surface area contributed by atoms with Gasteiger partial charge in [0.2, 0.25) is 0 Å². The summed E-state index contributed by atoms with van der Waals surface area (Å²) in [5.41, 5.74) is 1.19. The zero-order chi connectivity index (χ0) is 19.9. The summed E-state index contributed by atoms with van der Waals surface area (Å²) < 4.78 is 5.94. The monoisotopic (exact) mass is 398 g/mol. The van der Waals surface area contributed by atoms with E-state index in [1.165, 1.54) is 0 Å². The Morgan fingerprint density at radius 3 is 2.46 bits per heavy atom. The van der Waals surface area contributed by atoms with Crippen molar-refractivity contribution in [2.24, 2.45) is 0 Å². The van der Waals surface area contributed by atoms with Crippen LogP contribution in [0, 0.1) is 0 Å². The van der Waals surface area contributed by atoms with Crippen LogP contribution in [-0.2, 0) is 11.3 Å². The smallest absolute Gasteiger partial charge is 0.271 e. The number of carbonyl (C=O) groups excluding carboxylic acids is 2. The lowest BCUT2D eigenvalue weighted by atomic mass is 10.0. The Bertz CT molecular complexity index is 918. The van der Waals surface area contributed by atoms with Crippen LogP contribution in [0.1, 0.15) is 42.6 Å². The van der Waals surface area contributed by atoms with Crippen molar-refractivity contribution in [1.29, 1.82) is 0 Å². The van der Waals surface area contributed by atoms with Crippen LogP contribution in [0.25, 0.3) is 0 Å². The predicted molar refractivity (Wildman–Crippen MR) is 109 cm³/mol. The zero-order valence-electron chi connectivity index (χ0n) is 16.1. The molecule has 0 aromatic heterocycles. The van der Waals surface area contributed by atoms with E-state index in [-0.39, 0.29) is 11.8 Å². The van der Waals surface area contributed by atoms with E-state index in [9.17, 15) is 9.59 Å². The van der Waals surface area contributed by atoms with Gasteiger partial charge in [0.25, 0.3) is 11.8 Å². The van der Waals surface area contributed by atoms with Gasteiger partial charge in [-0.1, -0.05) is 23.7 Å². The molecule has 0 bridgehead atoms. The van der Waals surface area contributed by atoms with Crippen LogP contribution >= 0.6 is 11.6 Å². The molecular formula is C22H23ClN2O3. The third-order valence-corrected chi connectivity index (χ3v) is 5.52. The van der Waals surface area contributed by atoms with Crippen molar-refractivity contribution in [2.75, 3.05) is 18.0 Å². The third-order valence-electron chi connectivity index (χ3n) is 5.27. The van der Waals surface area contributed by atoms with Gasteiger partial charge in [-0.2, -0.15) is 0 Å². The Kier molecular flexibility index (Phi) is 4.79. The topological polar surface area (TPSA) is 49.9 Å². The van der Waals surface area contributed by atoms with Gasteiger partial charge in [0, 0.05) is 23.7 Å². The summed E-state index contributed by atoms with van der Waals surface area (Å²) >= 11 is 5.98. The minimum Gasteiger partial charge on any atom is -0.476 e. The van der Waals surface area contributed by atoms with E-state index in [0.29, 0.717) is 28.6 Å². The molecule has 2 amide bonds.